The average Bonchev–Trinajstić information content (AvgIpc) is 3.07. The number of fused-ring (bicyclic) bond motifs is 1. The monoisotopic (exact) mass is 361 g/mol. The molecule has 5 heteroatoms. The molecule has 2 aromatic carbocycles. The Balaban J connectivity index is 1.66. The average molecular weight is 361 g/mol. The van der Waals surface area contributed by atoms with Crippen molar-refractivity contribution >= 4 is 5.91 Å². The number of amides is 1. The highest BCUT2D eigenvalue weighted by Crippen LogP contribution is 2.39. The van der Waals surface area contributed by atoms with Gasteiger partial charge in [-0.15, -0.1) is 0 Å². The molecule has 2 aromatic rings. The fraction of sp³-hybridized carbons (Fsp3) is 0.364. The molecule has 0 radical (unpaired) electrons. The number of likely N-dealkylation sites (tertiary alicyclic amines) is 1. The van der Waals surface area contributed by atoms with Crippen molar-refractivity contribution in [1.29, 1.82) is 5.26 Å². The van der Waals surface area contributed by atoms with Gasteiger partial charge in [0.15, 0.2) is 0 Å². The van der Waals surface area contributed by atoms with Gasteiger partial charge in [0.2, 0.25) is 5.91 Å². The van der Waals surface area contributed by atoms with Crippen LogP contribution in [-0.4, -0.2) is 42.1 Å². The molecule has 2 aliphatic rings. The van der Waals surface area contributed by atoms with Crippen molar-refractivity contribution in [2.75, 3.05) is 20.2 Å². The van der Waals surface area contributed by atoms with Crippen molar-refractivity contribution < 1.29 is 9.63 Å². The molecule has 2 heterocycles. The molecule has 5 nitrogen and oxygen atoms in total. The number of nitriles is 1. The molecular weight excluding hydrogens is 338 g/mol. The number of carbonyl (C=O) groups excluding carboxylic acids is 1. The van der Waals surface area contributed by atoms with E-state index in [1.165, 1.54) is 0 Å². The lowest BCUT2D eigenvalue weighted by molar-refractivity contribution is -0.137. The second-order valence-electron chi connectivity index (χ2n) is 7.41. The molecule has 4 rings (SSSR count). The predicted molar refractivity (Wildman–Crippen MR) is 102 cm³/mol. The fourth-order valence-electron chi connectivity index (χ4n) is 4.29. The number of hydrogen-bond donors (Lipinski definition) is 0. The van der Waals surface area contributed by atoms with Crippen molar-refractivity contribution in [1.82, 2.24) is 9.96 Å². The summed E-state index contributed by atoms with van der Waals surface area (Å²) in [6, 6.07) is 18.5. The van der Waals surface area contributed by atoms with Crippen LogP contribution in [-0.2, 0) is 9.63 Å². The molecule has 3 atom stereocenters. The van der Waals surface area contributed by atoms with Crippen molar-refractivity contribution in [3.63, 3.8) is 0 Å². The summed E-state index contributed by atoms with van der Waals surface area (Å²) in [7, 11) is 1.98. The van der Waals surface area contributed by atoms with E-state index in [9.17, 15) is 4.79 Å². The first-order chi connectivity index (χ1) is 13.1. The minimum atomic E-state index is 0.0474. The maximum absolute atomic E-state index is 12.3. The third kappa shape index (κ3) is 3.34. The summed E-state index contributed by atoms with van der Waals surface area (Å²) in [6.45, 7) is 3.07. The Morgan fingerprint density at radius 3 is 2.67 bits per heavy atom. The molecule has 0 saturated carbocycles. The topological polar surface area (TPSA) is 56.6 Å². The van der Waals surface area contributed by atoms with Gasteiger partial charge >= 0.3 is 0 Å². The molecule has 0 bridgehead atoms. The Kier molecular flexibility index (Phi) is 4.69. The van der Waals surface area contributed by atoms with E-state index in [1.54, 1.807) is 6.92 Å². The van der Waals surface area contributed by atoms with E-state index >= 15 is 0 Å². The molecule has 1 amide bonds. The largest absolute Gasteiger partial charge is 0.335 e. The smallest absolute Gasteiger partial charge is 0.219 e. The second-order valence-corrected chi connectivity index (χ2v) is 7.41. The van der Waals surface area contributed by atoms with E-state index in [-0.39, 0.29) is 11.9 Å². The van der Waals surface area contributed by atoms with E-state index in [0.717, 1.165) is 29.7 Å². The minimum Gasteiger partial charge on any atom is -0.335 e. The summed E-state index contributed by atoms with van der Waals surface area (Å²) in [4.78, 5) is 20.0. The molecule has 2 fully saturated rings. The third-order valence-corrected chi connectivity index (χ3v) is 5.80. The maximum atomic E-state index is 12.3. The van der Waals surface area contributed by atoms with Gasteiger partial charge in [-0.1, -0.05) is 30.3 Å². The quantitative estimate of drug-likeness (QED) is 0.823. The molecule has 0 aromatic heterocycles. The van der Waals surface area contributed by atoms with Gasteiger partial charge < -0.3 is 4.90 Å². The highest BCUT2D eigenvalue weighted by molar-refractivity contribution is 5.74. The zero-order valence-electron chi connectivity index (χ0n) is 15.6. The highest BCUT2D eigenvalue weighted by Gasteiger charge is 2.43. The van der Waals surface area contributed by atoms with Crippen LogP contribution < -0.4 is 0 Å². The Morgan fingerprint density at radius 1 is 1.19 bits per heavy atom. The number of carbonyl (C=O) groups is 1. The summed E-state index contributed by atoms with van der Waals surface area (Å²) in [6.07, 6.45) is 0.873. The van der Waals surface area contributed by atoms with E-state index < -0.39 is 0 Å². The molecular formula is C22H23N3O2. The lowest BCUT2D eigenvalue weighted by Gasteiger charge is -2.42. The number of hydrogen-bond acceptors (Lipinski definition) is 4. The molecule has 2 aliphatic heterocycles. The van der Waals surface area contributed by atoms with Gasteiger partial charge in [-0.25, -0.2) is 0 Å². The zero-order valence-corrected chi connectivity index (χ0v) is 15.6. The highest BCUT2D eigenvalue weighted by atomic mass is 16.7. The summed E-state index contributed by atoms with van der Waals surface area (Å²) in [5.74, 6) is 0.480. The van der Waals surface area contributed by atoms with Crippen LogP contribution in [0.3, 0.4) is 0 Å². The minimum absolute atomic E-state index is 0.0474. The van der Waals surface area contributed by atoms with Crippen LogP contribution in [0.25, 0.3) is 11.1 Å². The van der Waals surface area contributed by atoms with Gasteiger partial charge in [-0.2, -0.15) is 10.3 Å². The van der Waals surface area contributed by atoms with Crippen LogP contribution in [0, 0.1) is 17.2 Å². The summed E-state index contributed by atoms with van der Waals surface area (Å²) in [5.41, 5.74) is 3.96. The van der Waals surface area contributed by atoms with E-state index in [1.807, 2.05) is 47.3 Å². The first-order valence-electron chi connectivity index (χ1n) is 9.30. The van der Waals surface area contributed by atoms with Crippen LogP contribution in [0.4, 0.5) is 0 Å². The van der Waals surface area contributed by atoms with Crippen molar-refractivity contribution in [3.8, 4) is 17.2 Å². The van der Waals surface area contributed by atoms with Crippen LogP contribution in [0.1, 0.15) is 30.5 Å². The summed E-state index contributed by atoms with van der Waals surface area (Å²) < 4.78 is 0. The first kappa shape index (κ1) is 17.7. The molecule has 27 heavy (non-hydrogen) atoms. The lowest BCUT2D eigenvalue weighted by Crippen LogP contribution is -2.48. The van der Waals surface area contributed by atoms with Gasteiger partial charge in [0, 0.05) is 32.5 Å². The van der Waals surface area contributed by atoms with Crippen molar-refractivity contribution in [3.05, 3.63) is 59.7 Å². The van der Waals surface area contributed by atoms with E-state index in [4.69, 9.17) is 10.1 Å². The normalized spacial score (nSPS) is 25.1. The third-order valence-electron chi connectivity index (χ3n) is 5.80. The predicted octanol–water partition coefficient (Wildman–Crippen LogP) is 3.38. The number of hydroxylamine groups is 2. The van der Waals surface area contributed by atoms with Gasteiger partial charge in [-0.05, 0) is 41.3 Å². The fourth-order valence-corrected chi connectivity index (χ4v) is 4.29. The van der Waals surface area contributed by atoms with E-state index in [2.05, 4.69) is 24.3 Å². The van der Waals surface area contributed by atoms with Crippen LogP contribution >= 0.6 is 0 Å². The maximum Gasteiger partial charge on any atom is 0.219 e. The molecule has 138 valence electrons. The molecule has 0 unspecified atom stereocenters. The number of piperidine rings is 1. The number of benzene rings is 2. The SMILES string of the molecule is CC(=O)N1C[C@H]2CON(C)[C@H]2C[C@H]1c1cccc(-c2ccc(C#N)cc2)c1. The standard InChI is InChI=1S/C22H23N3O2/c1-15(26)25-13-20-14-27-24(2)21(20)11-22(25)19-5-3-4-18(10-19)17-8-6-16(12-23)7-9-17/h3-10,20-22H,11,13-14H2,1-2H3/t20-,21-,22-/m0/s1. The number of rotatable bonds is 2. The van der Waals surface area contributed by atoms with Crippen molar-refractivity contribution in [2.45, 2.75) is 25.4 Å². The summed E-state index contributed by atoms with van der Waals surface area (Å²) >= 11 is 0. The van der Waals surface area contributed by atoms with Crippen LogP contribution in [0.15, 0.2) is 48.5 Å². The Morgan fingerprint density at radius 2 is 1.96 bits per heavy atom. The van der Waals surface area contributed by atoms with E-state index in [0.29, 0.717) is 24.1 Å². The Bertz CT molecular complexity index is 887. The molecule has 0 spiro atoms. The second kappa shape index (κ2) is 7.15. The Labute approximate surface area is 159 Å². The Hall–Kier alpha value is -2.68. The van der Waals surface area contributed by atoms with Gasteiger partial charge in [0.25, 0.3) is 0 Å². The number of nitrogens with zero attached hydrogens (tertiary/aromatic N) is 3. The summed E-state index contributed by atoms with van der Waals surface area (Å²) in [5, 5.41) is 10.9. The van der Waals surface area contributed by atoms with Gasteiger partial charge in [-0.3, -0.25) is 9.63 Å². The van der Waals surface area contributed by atoms with Crippen LogP contribution in [0.2, 0.25) is 0 Å². The molecule has 2 saturated heterocycles. The van der Waals surface area contributed by atoms with Crippen LogP contribution in [0.5, 0.6) is 0 Å². The van der Waals surface area contributed by atoms with Crippen molar-refractivity contribution in [2.24, 2.45) is 5.92 Å². The first-order valence-corrected chi connectivity index (χ1v) is 9.30. The lowest BCUT2D eigenvalue weighted by atomic mass is 9.85. The van der Waals surface area contributed by atoms with Gasteiger partial charge in [0.05, 0.1) is 24.3 Å². The zero-order chi connectivity index (χ0) is 19.0. The molecule has 0 N–H and O–H groups in total. The molecule has 0 aliphatic carbocycles. The van der Waals surface area contributed by atoms with Gasteiger partial charge in [0.1, 0.15) is 0 Å².